The number of carboxylic acids is 1. The topological polar surface area (TPSA) is 78.4 Å². The molecule has 1 amide bonds. The summed E-state index contributed by atoms with van der Waals surface area (Å²) in [6.07, 6.45) is 7.99. The first-order valence-corrected chi connectivity index (χ1v) is 7.88. The Morgan fingerprint density at radius 2 is 1.75 bits per heavy atom. The van der Waals surface area contributed by atoms with E-state index in [0.29, 0.717) is 37.3 Å². The Morgan fingerprint density at radius 1 is 1.15 bits per heavy atom. The molecule has 2 aliphatic heterocycles. The molecule has 2 bridgehead atoms. The molecule has 2 saturated heterocycles. The maximum atomic E-state index is 12.2. The summed E-state index contributed by atoms with van der Waals surface area (Å²) in [4.78, 5) is 23.7. The molecule has 112 valence electrons. The number of hydrogen-bond acceptors (Lipinski definition) is 3. The number of fused-ring (bicyclic) bond motifs is 2. The van der Waals surface area contributed by atoms with Crippen LogP contribution < -0.4 is 10.6 Å². The molecular weight excluding hydrogens is 256 g/mol. The van der Waals surface area contributed by atoms with Crippen LogP contribution in [0.15, 0.2) is 0 Å². The fourth-order valence-corrected chi connectivity index (χ4v) is 4.29. The summed E-state index contributed by atoms with van der Waals surface area (Å²) >= 11 is 0. The quantitative estimate of drug-likeness (QED) is 0.728. The normalized spacial score (nSPS) is 34.9. The highest BCUT2D eigenvalue weighted by atomic mass is 16.4. The first kappa shape index (κ1) is 13.9. The molecule has 5 nitrogen and oxygen atoms in total. The summed E-state index contributed by atoms with van der Waals surface area (Å²) in [7, 11) is 0. The predicted octanol–water partition coefficient (Wildman–Crippen LogP) is 1.42. The van der Waals surface area contributed by atoms with Gasteiger partial charge in [0.15, 0.2) is 0 Å². The predicted molar refractivity (Wildman–Crippen MR) is 74.3 cm³/mol. The highest BCUT2D eigenvalue weighted by Gasteiger charge is 2.43. The van der Waals surface area contributed by atoms with Crippen molar-refractivity contribution in [1.82, 2.24) is 10.6 Å². The van der Waals surface area contributed by atoms with Gasteiger partial charge in [-0.25, -0.2) is 4.79 Å². The number of amides is 1. The van der Waals surface area contributed by atoms with Gasteiger partial charge >= 0.3 is 5.97 Å². The summed E-state index contributed by atoms with van der Waals surface area (Å²) < 4.78 is 0. The van der Waals surface area contributed by atoms with Crippen molar-refractivity contribution in [2.24, 2.45) is 5.92 Å². The van der Waals surface area contributed by atoms with Crippen molar-refractivity contribution in [3.63, 3.8) is 0 Å². The van der Waals surface area contributed by atoms with E-state index in [0.717, 1.165) is 25.7 Å². The van der Waals surface area contributed by atoms with E-state index >= 15 is 0 Å². The van der Waals surface area contributed by atoms with Gasteiger partial charge in [-0.15, -0.1) is 0 Å². The van der Waals surface area contributed by atoms with Crippen LogP contribution in [0.4, 0.5) is 0 Å². The lowest BCUT2D eigenvalue weighted by Crippen LogP contribution is -2.53. The second kappa shape index (κ2) is 5.35. The Morgan fingerprint density at radius 3 is 2.30 bits per heavy atom. The standard InChI is InChI=1S/C15H24N2O3/c18-13(17-15(14(19)20)5-1-2-6-15)9-10-7-11-3-4-12(8-10)16-11/h10-12,16H,1-9H2,(H,17,18)(H,19,20). The van der Waals surface area contributed by atoms with E-state index in [1.54, 1.807) is 0 Å². The van der Waals surface area contributed by atoms with Crippen LogP contribution in [0.5, 0.6) is 0 Å². The SMILES string of the molecule is O=C(CC1CC2CCC(C1)N2)NC1(C(=O)O)CCCC1. The van der Waals surface area contributed by atoms with E-state index in [9.17, 15) is 14.7 Å². The molecule has 0 aromatic rings. The molecular formula is C15H24N2O3. The van der Waals surface area contributed by atoms with Crippen LogP contribution >= 0.6 is 0 Å². The van der Waals surface area contributed by atoms with Gasteiger partial charge in [0.05, 0.1) is 0 Å². The number of carbonyl (C=O) groups is 2. The van der Waals surface area contributed by atoms with E-state index in [1.165, 1.54) is 12.8 Å². The average Bonchev–Trinajstić information content (AvgIpc) is 2.97. The second-order valence-electron chi connectivity index (χ2n) is 6.82. The minimum atomic E-state index is -0.983. The lowest BCUT2D eigenvalue weighted by atomic mass is 9.88. The summed E-state index contributed by atoms with van der Waals surface area (Å²) in [6, 6.07) is 1.15. The molecule has 0 radical (unpaired) electrons. The molecule has 0 aromatic heterocycles. The third-order valence-electron chi connectivity index (χ3n) is 5.29. The molecule has 2 unspecified atom stereocenters. The summed E-state index contributed by atoms with van der Waals surface area (Å²) in [6.45, 7) is 0. The van der Waals surface area contributed by atoms with Crippen molar-refractivity contribution in [3.8, 4) is 0 Å². The van der Waals surface area contributed by atoms with Crippen LogP contribution in [-0.2, 0) is 9.59 Å². The molecule has 2 atom stereocenters. The molecule has 0 aromatic carbocycles. The minimum absolute atomic E-state index is 0.0689. The summed E-state index contributed by atoms with van der Waals surface area (Å²) in [5.41, 5.74) is -0.983. The van der Waals surface area contributed by atoms with E-state index in [1.807, 2.05) is 0 Å². The average molecular weight is 280 g/mol. The van der Waals surface area contributed by atoms with Crippen LogP contribution in [0.25, 0.3) is 0 Å². The molecule has 3 rings (SSSR count). The Hall–Kier alpha value is -1.10. The summed E-state index contributed by atoms with van der Waals surface area (Å²) in [5.74, 6) is -0.518. The first-order valence-electron chi connectivity index (χ1n) is 7.88. The minimum Gasteiger partial charge on any atom is -0.480 e. The van der Waals surface area contributed by atoms with Gasteiger partial charge in [-0.05, 0) is 44.4 Å². The van der Waals surface area contributed by atoms with Crippen LogP contribution in [0, 0.1) is 5.92 Å². The third-order valence-corrected chi connectivity index (χ3v) is 5.29. The zero-order chi connectivity index (χ0) is 14.2. The van der Waals surface area contributed by atoms with Gasteiger partial charge in [-0.2, -0.15) is 0 Å². The van der Waals surface area contributed by atoms with Gasteiger partial charge in [-0.3, -0.25) is 4.79 Å². The van der Waals surface area contributed by atoms with Gasteiger partial charge in [0, 0.05) is 18.5 Å². The fraction of sp³-hybridized carbons (Fsp3) is 0.867. The monoisotopic (exact) mass is 280 g/mol. The molecule has 3 N–H and O–H groups in total. The molecule has 20 heavy (non-hydrogen) atoms. The van der Waals surface area contributed by atoms with Crippen molar-refractivity contribution in [2.45, 2.75) is 75.4 Å². The van der Waals surface area contributed by atoms with E-state index < -0.39 is 11.5 Å². The van der Waals surface area contributed by atoms with Gasteiger partial charge in [0.25, 0.3) is 0 Å². The van der Waals surface area contributed by atoms with Crippen molar-refractivity contribution in [1.29, 1.82) is 0 Å². The van der Waals surface area contributed by atoms with Crippen LogP contribution in [0.3, 0.4) is 0 Å². The van der Waals surface area contributed by atoms with Gasteiger partial charge < -0.3 is 15.7 Å². The lowest BCUT2D eigenvalue weighted by Gasteiger charge is -2.30. The molecule has 1 saturated carbocycles. The van der Waals surface area contributed by atoms with Gasteiger partial charge in [-0.1, -0.05) is 12.8 Å². The molecule has 3 aliphatic rings. The highest BCUT2D eigenvalue weighted by Crippen LogP contribution is 2.34. The van der Waals surface area contributed by atoms with E-state index in [-0.39, 0.29) is 5.91 Å². The van der Waals surface area contributed by atoms with Crippen molar-refractivity contribution >= 4 is 11.9 Å². The number of nitrogens with one attached hydrogen (secondary N) is 2. The number of rotatable bonds is 4. The Kier molecular flexibility index (Phi) is 3.71. The van der Waals surface area contributed by atoms with Crippen LogP contribution in [0.1, 0.15) is 57.8 Å². The Bertz CT molecular complexity index is 392. The van der Waals surface area contributed by atoms with Crippen LogP contribution in [0.2, 0.25) is 0 Å². The van der Waals surface area contributed by atoms with E-state index in [2.05, 4.69) is 10.6 Å². The maximum Gasteiger partial charge on any atom is 0.329 e. The van der Waals surface area contributed by atoms with Crippen molar-refractivity contribution < 1.29 is 14.7 Å². The molecule has 2 heterocycles. The largest absolute Gasteiger partial charge is 0.480 e. The molecule has 5 heteroatoms. The van der Waals surface area contributed by atoms with E-state index in [4.69, 9.17) is 0 Å². The molecule has 3 fully saturated rings. The van der Waals surface area contributed by atoms with Crippen LogP contribution in [-0.4, -0.2) is 34.6 Å². The highest BCUT2D eigenvalue weighted by molar-refractivity contribution is 5.87. The smallest absolute Gasteiger partial charge is 0.329 e. The number of carboxylic acid groups (broad SMARTS) is 1. The zero-order valence-corrected chi connectivity index (χ0v) is 11.9. The number of hydrogen-bond donors (Lipinski definition) is 3. The number of carbonyl (C=O) groups excluding carboxylic acids is 1. The van der Waals surface area contributed by atoms with Crippen molar-refractivity contribution in [2.75, 3.05) is 0 Å². The fourth-order valence-electron chi connectivity index (χ4n) is 4.29. The second-order valence-corrected chi connectivity index (χ2v) is 6.82. The zero-order valence-electron chi connectivity index (χ0n) is 11.9. The molecule has 1 aliphatic carbocycles. The van der Waals surface area contributed by atoms with Gasteiger partial charge in [0.1, 0.15) is 5.54 Å². The Labute approximate surface area is 119 Å². The number of aliphatic carboxylic acids is 1. The lowest BCUT2D eigenvalue weighted by molar-refractivity contribution is -0.147. The van der Waals surface area contributed by atoms with Crippen molar-refractivity contribution in [3.05, 3.63) is 0 Å². The third kappa shape index (κ3) is 2.68. The first-order chi connectivity index (χ1) is 9.57. The molecule has 0 spiro atoms. The summed E-state index contributed by atoms with van der Waals surface area (Å²) in [5, 5.41) is 15.8. The number of piperidine rings is 1. The van der Waals surface area contributed by atoms with Gasteiger partial charge in [0.2, 0.25) is 5.91 Å². The Balaban J connectivity index is 1.55. The maximum absolute atomic E-state index is 12.2.